The van der Waals surface area contributed by atoms with Gasteiger partial charge in [-0.1, -0.05) is 6.92 Å². The van der Waals surface area contributed by atoms with Crippen LogP contribution in [0, 0.1) is 19.8 Å². The van der Waals surface area contributed by atoms with E-state index in [0.29, 0.717) is 17.6 Å². The predicted molar refractivity (Wildman–Crippen MR) is 68.7 cm³/mol. The molecule has 0 aliphatic carbocycles. The van der Waals surface area contributed by atoms with Gasteiger partial charge in [-0.3, -0.25) is 0 Å². The van der Waals surface area contributed by atoms with Crippen LogP contribution < -0.4 is 16.6 Å². The standard InChI is InChI=1S/C11H21N5O/c1-7(4-5-17)6-13-10-8(2)11(16-12)15-9(3)14-10/h7,17H,4-6,12H2,1-3H3,(H2,13,14,15,16). The molecule has 0 saturated carbocycles. The number of aromatic nitrogens is 2. The molecule has 0 bridgehead atoms. The number of rotatable bonds is 6. The Labute approximate surface area is 102 Å². The Morgan fingerprint density at radius 3 is 2.53 bits per heavy atom. The van der Waals surface area contributed by atoms with Gasteiger partial charge in [-0.15, -0.1) is 0 Å². The van der Waals surface area contributed by atoms with Gasteiger partial charge in [0.05, 0.1) is 0 Å². The fraction of sp³-hybridized carbons (Fsp3) is 0.636. The fourth-order valence-corrected chi connectivity index (χ4v) is 1.53. The fourth-order valence-electron chi connectivity index (χ4n) is 1.53. The van der Waals surface area contributed by atoms with Crippen LogP contribution in [0.1, 0.15) is 24.7 Å². The zero-order valence-corrected chi connectivity index (χ0v) is 10.6. The van der Waals surface area contributed by atoms with Gasteiger partial charge < -0.3 is 15.8 Å². The maximum Gasteiger partial charge on any atom is 0.148 e. The summed E-state index contributed by atoms with van der Waals surface area (Å²) < 4.78 is 0. The van der Waals surface area contributed by atoms with E-state index in [1.165, 1.54) is 0 Å². The van der Waals surface area contributed by atoms with Crippen molar-refractivity contribution in [2.75, 3.05) is 23.9 Å². The summed E-state index contributed by atoms with van der Waals surface area (Å²) in [7, 11) is 0. The first-order valence-electron chi connectivity index (χ1n) is 5.75. The number of anilines is 2. The van der Waals surface area contributed by atoms with Crippen molar-refractivity contribution in [3.05, 3.63) is 11.4 Å². The Bertz CT molecular complexity index is 369. The first kappa shape index (κ1) is 13.7. The molecule has 0 amide bonds. The number of nitrogen functional groups attached to an aromatic ring is 1. The lowest BCUT2D eigenvalue weighted by Crippen LogP contribution is -2.17. The highest BCUT2D eigenvalue weighted by Crippen LogP contribution is 2.19. The Balaban J connectivity index is 2.73. The Hall–Kier alpha value is -1.40. The minimum atomic E-state index is 0.209. The van der Waals surface area contributed by atoms with Crippen LogP contribution in [0.2, 0.25) is 0 Å². The van der Waals surface area contributed by atoms with Gasteiger partial charge in [-0.05, 0) is 26.2 Å². The third-order valence-electron chi connectivity index (χ3n) is 2.63. The molecular weight excluding hydrogens is 218 g/mol. The summed E-state index contributed by atoms with van der Waals surface area (Å²) >= 11 is 0. The highest BCUT2D eigenvalue weighted by atomic mass is 16.3. The van der Waals surface area contributed by atoms with Crippen molar-refractivity contribution in [1.82, 2.24) is 9.97 Å². The molecule has 96 valence electrons. The van der Waals surface area contributed by atoms with Gasteiger partial charge in [0, 0.05) is 18.7 Å². The van der Waals surface area contributed by atoms with Gasteiger partial charge in [0.1, 0.15) is 17.5 Å². The number of nitrogens with one attached hydrogen (secondary N) is 2. The van der Waals surface area contributed by atoms with E-state index in [1.807, 2.05) is 13.8 Å². The van der Waals surface area contributed by atoms with Gasteiger partial charge >= 0.3 is 0 Å². The van der Waals surface area contributed by atoms with E-state index in [4.69, 9.17) is 10.9 Å². The average Bonchev–Trinajstić information content (AvgIpc) is 2.30. The summed E-state index contributed by atoms with van der Waals surface area (Å²) in [5.41, 5.74) is 3.46. The summed E-state index contributed by atoms with van der Waals surface area (Å²) in [6.45, 7) is 6.78. The molecule has 1 atom stereocenters. The molecule has 1 heterocycles. The van der Waals surface area contributed by atoms with Crippen LogP contribution in [0.4, 0.5) is 11.6 Å². The summed E-state index contributed by atoms with van der Waals surface area (Å²) in [5, 5.41) is 12.1. The van der Waals surface area contributed by atoms with Crippen molar-refractivity contribution in [3.63, 3.8) is 0 Å². The van der Waals surface area contributed by atoms with Gasteiger partial charge in [0.25, 0.3) is 0 Å². The first-order valence-corrected chi connectivity index (χ1v) is 5.75. The van der Waals surface area contributed by atoms with E-state index in [2.05, 4.69) is 27.6 Å². The number of aryl methyl sites for hydroxylation is 1. The summed E-state index contributed by atoms with van der Waals surface area (Å²) in [6.07, 6.45) is 0.776. The van der Waals surface area contributed by atoms with Crippen LogP contribution in [-0.2, 0) is 0 Å². The molecular formula is C11H21N5O. The van der Waals surface area contributed by atoms with Gasteiger partial charge in [0.15, 0.2) is 0 Å². The number of hydrazine groups is 1. The predicted octanol–water partition coefficient (Wildman–Crippen LogP) is 0.809. The zero-order chi connectivity index (χ0) is 12.8. The van der Waals surface area contributed by atoms with Gasteiger partial charge in [-0.25, -0.2) is 15.8 Å². The molecule has 6 nitrogen and oxygen atoms in total. The molecule has 0 spiro atoms. The molecule has 1 aromatic rings. The highest BCUT2D eigenvalue weighted by molar-refractivity contribution is 5.56. The second-order valence-electron chi connectivity index (χ2n) is 4.24. The molecule has 0 radical (unpaired) electrons. The van der Waals surface area contributed by atoms with Crippen LogP contribution in [-0.4, -0.2) is 28.2 Å². The molecule has 1 unspecified atom stereocenters. The van der Waals surface area contributed by atoms with Crippen molar-refractivity contribution in [3.8, 4) is 0 Å². The number of hydrogen-bond donors (Lipinski definition) is 4. The third kappa shape index (κ3) is 3.83. The largest absolute Gasteiger partial charge is 0.396 e. The Kier molecular flexibility index (Phi) is 5.11. The molecule has 0 aromatic carbocycles. The smallest absolute Gasteiger partial charge is 0.148 e. The minimum absolute atomic E-state index is 0.209. The maximum absolute atomic E-state index is 8.83. The van der Waals surface area contributed by atoms with Crippen LogP contribution in [0.25, 0.3) is 0 Å². The number of aliphatic hydroxyl groups excluding tert-OH is 1. The Morgan fingerprint density at radius 2 is 1.94 bits per heavy atom. The van der Waals surface area contributed by atoms with E-state index < -0.39 is 0 Å². The van der Waals surface area contributed by atoms with E-state index in [0.717, 1.165) is 24.3 Å². The van der Waals surface area contributed by atoms with Crippen molar-refractivity contribution >= 4 is 11.6 Å². The second-order valence-corrected chi connectivity index (χ2v) is 4.24. The molecule has 0 fully saturated rings. The lowest BCUT2D eigenvalue weighted by Gasteiger charge is -2.15. The quantitative estimate of drug-likeness (QED) is 0.433. The summed E-state index contributed by atoms with van der Waals surface area (Å²) in [5.74, 6) is 7.87. The van der Waals surface area contributed by atoms with Crippen LogP contribution >= 0.6 is 0 Å². The number of aliphatic hydroxyl groups is 1. The van der Waals surface area contributed by atoms with Gasteiger partial charge in [-0.2, -0.15) is 0 Å². The summed E-state index contributed by atoms with van der Waals surface area (Å²) in [6, 6.07) is 0. The van der Waals surface area contributed by atoms with Crippen molar-refractivity contribution in [1.29, 1.82) is 0 Å². The van der Waals surface area contributed by atoms with Gasteiger partial charge in [0.2, 0.25) is 0 Å². The van der Waals surface area contributed by atoms with E-state index in [-0.39, 0.29) is 6.61 Å². The number of nitrogens with zero attached hydrogens (tertiary/aromatic N) is 2. The molecule has 0 aliphatic rings. The van der Waals surface area contributed by atoms with Crippen LogP contribution in [0.5, 0.6) is 0 Å². The molecule has 0 saturated heterocycles. The van der Waals surface area contributed by atoms with E-state index >= 15 is 0 Å². The maximum atomic E-state index is 8.83. The minimum Gasteiger partial charge on any atom is -0.396 e. The Morgan fingerprint density at radius 1 is 1.29 bits per heavy atom. The van der Waals surface area contributed by atoms with Crippen LogP contribution in [0.3, 0.4) is 0 Å². The molecule has 5 N–H and O–H groups in total. The molecule has 0 aliphatic heterocycles. The van der Waals surface area contributed by atoms with E-state index in [9.17, 15) is 0 Å². The highest BCUT2D eigenvalue weighted by Gasteiger charge is 2.09. The second kappa shape index (κ2) is 6.36. The lowest BCUT2D eigenvalue weighted by molar-refractivity contribution is 0.266. The number of nitrogens with two attached hydrogens (primary N) is 1. The van der Waals surface area contributed by atoms with Crippen LogP contribution in [0.15, 0.2) is 0 Å². The lowest BCUT2D eigenvalue weighted by atomic mass is 10.1. The third-order valence-corrected chi connectivity index (χ3v) is 2.63. The first-order chi connectivity index (χ1) is 8.08. The molecule has 6 heteroatoms. The van der Waals surface area contributed by atoms with Crippen molar-refractivity contribution in [2.45, 2.75) is 27.2 Å². The number of hydrogen-bond acceptors (Lipinski definition) is 6. The molecule has 1 rings (SSSR count). The monoisotopic (exact) mass is 239 g/mol. The van der Waals surface area contributed by atoms with E-state index in [1.54, 1.807) is 0 Å². The molecule has 1 aromatic heterocycles. The zero-order valence-electron chi connectivity index (χ0n) is 10.6. The van der Waals surface area contributed by atoms with Crippen molar-refractivity contribution < 1.29 is 5.11 Å². The molecule has 17 heavy (non-hydrogen) atoms. The average molecular weight is 239 g/mol. The van der Waals surface area contributed by atoms with Crippen molar-refractivity contribution in [2.24, 2.45) is 11.8 Å². The summed E-state index contributed by atoms with van der Waals surface area (Å²) in [4.78, 5) is 8.52. The SMILES string of the molecule is Cc1nc(NN)c(C)c(NCC(C)CCO)n1. The topological polar surface area (TPSA) is 96.1 Å². The normalized spacial score (nSPS) is 12.3.